The lowest BCUT2D eigenvalue weighted by Gasteiger charge is -2.38. The molecule has 142 valence electrons. The van der Waals surface area contributed by atoms with Crippen LogP contribution in [0.5, 0.6) is 0 Å². The van der Waals surface area contributed by atoms with Gasteiger partial charge >= 0.3 is 5.69 Å². The van der Waals surface area contributed by atoms with Gasteiger partial charge in [-0.3, -0.25) is 9.78 Å². The fraction of sp³-hybridized carbons (Fsp3) is 0.333. The number of aromatic amines is 2. The molecular formula is C18H20N4O4S. The molecule has 0 spiro atoms. The van der Waals surface area contributed by atoms with Crippen LogP contribution >= 0.6 is 0 Å². The van der Waals surface area contributed by atoms with E-state index in [1.165, 1.54) is 22.5 Å². The Labute approximate surface area is 155 Å². The third kappa shape index (κ3) is 2.83. The average Bonchev–Trinajstić information content (AvgIpc) is 3.08. The van der Waals surface area contributed by atoms with Gasteiger partial charge in [-0.25, -0.2) is 13.2 Å². The third-order valence-corrected chi connectivity index (χ3v) is 6.87. The van der Waals surface area contributed by atoms with E-state index in [1.54, 1.807) is 0 Å². The number of aromatic nitrogens is 3. The van der Waals surface area contributed by atoms with Crippen molar-refractivity contribution in [3.8, 4) is 0 Å². The van der Waals surface area contributed by atoms with Crippen molar-refractivity contribution < 1.29 is 8.42 Å². The molecule has 0 saturated heterocycles. The Morgan fingerprint density at radius 1 is 1.11 bits per heavy atom. The topological polar surface area (TPSA) is 108 Å². The monoisotopic (exact) mass is 388 g/mol. The van der Waals surface area contributed by atoms with E-state index in [1.807, 2.05) is 32.2 Å². The summed E-state index contributed by atoms with van der Waals surface area (Å²) in [6, 6.07) is 7.79. The minimum atomic E-state index is -3.82. The quantitative estimate of drug-likeness (QED) is 0.707. The van der Waals surface area contributed by atoms with E-state index in [9.17, 15) is 18.0 Å². The molecule has 2 aromatic heterocycles. The Morgan fingerprint density at radius 2 is 1.89 bits per heavy atom. The van der Waals surface area contributed by atoms with Gasteiger partial charge in [-0.05, 0) is 36.2 Å². The first-order valence-corrected chi connectivity index (χ1v) is 10.2. The maximum absolute atomic E-state index is 13.4. The first kappa shape index (κ1) is 17.7. The van der Waals surface area contributed by atoms with Gasteiger partial charge < -0.3 is 9.55 Å². The summed E-state index contributed by atoms with van der Waals surface area (Å²) in [5.74, 6) is 0.0777. The third-order valence-electron chi connectivity index (χ3n) is 4.99. The van der Waals surface area contributed by atoms with E-state index in [0.717, 1.165) is 5.69 Å². The molecule has 1 aliphatic heterocycles. The molecule has 1 unspecified atom stereocenters. The van der Waals surface area contributed by atoms with Gasteiger partial charge in [0, 0.05) is 25.0 Å². The van der Waals surface area contributed by atoms with Crippen molar-refractivity contribution in [2.24, 2.45) is 5.92 Å². The van der Waals surface area contributed by atoms with Crippen LogP contribution in [0, 0.1) is 5.92 Å². The Hall–Kier alpha value is -2.65. The summed E-state index contributed by atoms with van der Waals surface area (Å²) in [6.07, 6.45) is 1.96. The van der Waals surface area contributed by atoms with Crippen molar-refractivity contribution in [2.75, 3.05) is 6.54 Å². The molecule has 3 aromatic rings. The van der Waals surface area contributed by atoms with Crippen LogP contribution in [0.1, 0.15) is 25.6 Å². The van der Waals surface area contributed by atoms with Crippen molar-refractivity contribution >= 4 is 20.9 Å². The van der Waals surface area contributed by atoms with Crippen molar-refractivity contribution in [1.82, 2.24) is 18.8 Å². The number of sulfonamides is 1. The second kappa shape index (κ2) is 6.21. The second-order valence-electron chi connectivity index (χ2n) is 7.05. The van der Waals surface area contributed by atoms with Crippen molar-refractivity contribution in [3.05, 3.63) is 63.1 Å². The molecule has 4 rings (SSSR count). The summed E-state index contributed by atoms with van der Waals surface area (Å²) in [5.41, 5.74) is 0.0249. The first-order chi connectivity index (χ1) is 12.8. The van der Waals surface area contributed by atoms with Gasteiger partial charge in [0.2, 0.25) is 10.0 Å². The summed E-state index contributed by atoms with van der Waals surface area (Å²) in [4.78, 5) is 28.1. The number of nitrogens with one attached hydrogen (secondary N) is 2. The molecule has 1 aliphatic rings. The molecular weight excluding hydrogens is 368 g/mol. The minimum Gasteiger partial charge on any atom is -0.349 e. The van der Waals surface area contributed by atoms with Crippen molar-refractivity contribution in [3.63, 3.8) is 0 Å². The van der Waals surface area contributed by atoms with E-state index in [4.69, 9.17) is 0 Å². The number of rotatable bonds is 3. The molecule has 0 bridgehead atoms. The summed E-state index contributed by atoms with van der Waals surface area (Å²) < 4.78 is 30.4. The van der Waals surface area contributed by atoms with Crippen LogP contribution in [0.4, 0.5) is 0 Å². The largest absolute Gasteiger partial charge is 0.349 e. The van der Waals surface area contributed by atoms with Crippen LogP contribution in [-0.2, 0) is 16.6 Å². The zero-order valence-corrected chi connectivity index (χ0v) is 15.8. The van der Waals surface area contributed by atoms with Crippen LogP contribution < -0.4 is 11.2 Å². The van der Waals surface area contributed by atoms with Crippen LogP contribution in [0.2, 0.25) is 0 Å². The van der Waals surface area contributed by atoms with Gasteiger partial charge in [0.05, 0.1) is 21.8 Å². The molecule has 2 N–H and O–H groups in total. The van der Waals surface area contributed by atoms with Gasteiger partial charge in [-0.2, -0.15) is 4.31 Å². The zero-order chi connectivity index (χ0) is 19.3. The molecule has 8 nitrogen and oxygen atoms in total. The predicted molar refractivity (Wildman–Crippen MR) is 101 cm³/mol. The highest BCUT2D eigenvalue weighted by Gasteiger charge is 2.38. The Morgan fingerprint density at radius 3 is 2.63 bits per heavy atom. The lowest BCUT2D eigenvalue weighted by molar-refractivity contribution is 0.215. The summed E-state index contributed by atoms with van der Waals surface area (Å²) >= 11 is 0. The summed E-state index contributed by atoms with van der Waals surface area (Å²) in [5, 5.41) is 0.136. The minimum absolute atomic E-state index is 0.0400. The lowest BCUT2D eigenvalue weighted by Crippen LogP contribution is -2.43. The van der Waals surface area contributed by atoms with Crippen LogP contribution in [0.3, 0.4) is 0 Å². The fourth-order valence-corrected chi connectivity index (χ4v) is 5.53. The number of hydrogen-bond donors (Lipinski definition) is 2. The van der Waals surface area contributed by atoms with Gasteiger partial charge in [-0.15, -0.1) is 0 Å². The van der Waals surface area contributed by atoms with Gasteiger partial charge in [0.15, 0.2) is 0 Å². The molecule has 0 saturated carbocycles. The number of benzene rings is 1. The lowest BCUT2D eigenvalue weighted by atomic mass is 9.99. The zero-order valence-electron chi connectivity index (χ0n) is 15.0. The molecule has 3 heterocycles. The second-order valence-corrected chi connectivity index (χ2v) is 8.94. The van der Waals surface area contributed by atoms with E-state index >= 15 is 0 Å². The van der Waals surface area contributed by atoms with Crippen molar-refractivity contribution in [2.45, 2.75) is 31.3 Å². The van der Waals surface area contributed by atoms with Gasteiger partial charge in [0.1, 0.15) is 0 Å². The van der Waals surface area contributed by atoms with Gasteiger partial charge in [-0.1, -0.05) is 13.8 Å². The molecule has 1 atom stereocenters. The molecule has 0 radical (unpaired) electrons. The molecule has 9 heteroatoms. The Kier molecular flexibility index (Phi) is 4.08. The van der Waals surface area contributed by atoms with E-state index in [0.29, 0.717) is 18.6 Å². The molecule has 0 amide bonds. The molecule has 1 aromatic carbocycles. The molecule has 0 fully saturated rings. The highest BCUT2D eigenvalue weighted by atomic mass is 32.2. The Balaban J connectivity index is 1.85. The highest BCUT2D eigenvalue weighted by Crippen LogP contribution is 2.36. The number of H-pyrrole nitrogens is 2. The maximum atomic E-state index is 13.4. The van der Waals surface area contributed by atoms with E-state index in [-0.39, 0.29) is 22.2 Å². The van der Waals surface area contributed by atoms with Crippen molar-refractivity contribution in [1.29, 1.82) is 0 Å². The molecule has 0 aliphatic carbocycles. The number of hydrogen-bond acceptors (Lipinski definition) is 4. The predicted octanol–water partition coefficient (Wildman–Crippen LogP) is 1.42. The summed E-state index contributed by atoms with van der Waals surface area (Å²) in [7, 11) is -3.82. The first-order valence-electron chi connectivity index (χ1n) is 8.72. The highest BCUT2D eigenvalue weighted by molar-refractivity contribution is 7.89. The Bertz CT molecular complexity index is 1240. The fourth-order valence-electron chi connectivity index (χ4n) is 3.78. The number of fused-ring (bicyclic) bond motifs is 2. The SMILES string of the molecule is CC(C)C1c2cccn2CCN1S(=O)(=O)c1ccc2[nH]c(=O)[nH]c(=O)c2c1. The van der Waals surface area contributed by atoms with Crippen LogP contribution in [0.15, 0.2) is 51.0 Å². The van der Waals surface area contributed by atoms with E-state index < -0.39 is 21.3 Å². The van der Waals surface area contributed by atoms with Gasteiger partial charge in [0.25, 0.3) is 5.56 Å². The average molecular weight is 388 g/mol. The molecule has 27 heavy (non-hydrogen) atoms. The normalized spacial score (nSPS) is 18.1. The van der Waals surface area contributed by atoms with Crippen LogP contribution in [-0.4, -0.2) is 33.8 Å². The summed E-state index contributed by atoms with van der Waals surface area (Å²) in [6.45, 7) is 4.91. The smallest absolute Gasteiger partial charge is 0.326 e. The van der Waals surface area contributed by atoms with Crippen LogP contribution in [0.25, 0.3) is 10.9 Å². The standard InChI is InChI=1S/C18H20N4O4S/c1-11(2)16-15-4-3-7-21(15)8-9-22(16)27(25,26)12-5-6-14-13(10-12)17(23)20-18(24)19-14/h3-7,10-11,16H,8-9H2,1-2H3,(H2,19,20,23,24). The number of nitrogens with zero attached hydrogens (tertiary/aromatic N) is 2. The van der Waals surface area contributed by atoms with E-state index in [2.05, 4.69) is 14.5 Å². The maximum Gasteiger partial charge on any atom is 0.326 e.